The maximum absolute atomic E-state index is 11.5. The van der Waals surface area contributed by atoms with Gasteiger partial charge in [0.2, 0.25) is 0 Å². The van der Waals surface area contributed by atoms with Gasteiger partial charge in [0, 0.05) is 7.05 Å². The summed E-state index contributed by atoms with van der Waals surface area (Å²) in [5.74, 6) is -2.24. The zero-order chi connectivity index (χ0) is 13.5. The van der Waals surface area contributed by atoms with Gasteiger partial charge in [-0.05, 0) is 19.1 Å². The van der Waals surface area contributed by atoms with Crippen LogP contribution in [0.15, 0.2) is 24.3 Å². The lowest BCUT2D eigenvalue weighted by molar-refractivity contribution is -0.152. The van der Waals surface area contributed by atoms with Crippen LogP contribution < -0.4 is 10.6 Å². The summed E-state index contributed by atoms with van der Waals surface area (Å²) in [4.78, 5) is 34.1. The maximum Gasteiger partial charge on any atom is 0.397 e. The van der Waals surface area contributed by atoms with E-state index in [1.807, 2.05) is 0 Å². The fraction of sp³-hybridized carbons (Fsp3) is 0.250. The fourth-order valence-corrected chi connectivity index (χ4v) is 1.29. The largest absolute Gasteiger partial charge is 0.459 e. The van der Waals surface area contributed by atoms with Gasteiger partial charge in [-0.2, -0.15) is 0 Å². The Morgan fingerprint density at radius 1 is 1.22 bits per heavy atom. The molecule has 0 fully saturated rings. The quantitative estimate of drug-likeness (QED) is 0.606. The van der Waals surface area contributed by atoms with Gasteiger partial charge in [-0.3, -0.25) is 9.59 Å². The first-order chi connectivity index (χ1) is 8.60. The molecule has 0 heterocycles. The van der Waals surface area contributed by atoms with Crippen LogP contribution in [0.1, 0.15) is 17.3 Å². The van der Waals surface area contributed by atoms with Crippen molar-refractivity contribution in [3.8, 4) is 0 Å². The molecule has 0 atom stereocenters. The third-order valence-electron chi connectivity index (χ3n) is 2.11. The molecule has 1 rings (SSSR count). The Bertz CT molecular complexity index is 471. The van der Waals surface area contributed by atoms with Crippen molar-refractivity contribution in [1.82, 2.24) is 5.32 Å². The van der Waals surface area contributed by atoms with Crippen LogP contribution in [-0.2, 0) is 14.3 Å². The van der Waals surface area contributed by atoms with E-state index in [4.69, 9.17) is 0 Å². The summed E-state index contributed by atoms with van der Waals surface area (Å²) in [6.45, 7) is 1.72. The number of ether oxygens (including phenoxy) is 1. The van der Waals surface area contributed by atoms with Crippen LogP contribution in [0.4, 0.5) is 5.69 Å². The first-order valence-electron chi connectivity index (χ1n) is 5.39. The van der Waals surface area contributed by atoms with Gasteiger partial charge < -0.3 is 15.4 Å². The Morgan fingerprint density at radius 2 is 1.89 bits per heavy atom. The molecule has 2 N–H and O–H groups in total. The Balaban J connectivity index is 2.88. The fourth-order valence-electron chi connectivity index (χ4n) is 1.29. The molecule has 0 unspecified atom stereocenters. The van der Waals surface area contributed by atoms with E-state index in [9.17, 15) is 14.4 Å². The predicted molar refractivity (Wildman–Crippen MR) is 65.1 cm³/mol. The molecule has 0 aliphatic rings. The van der Waals surface area contributed by atoms with Crippen molar-refractivity contribution in [2.75, 3.05) is 19.0 Å². The second-order valence-corrected chi connectivity index (χ2v) is 3.30. The van der Waals surface area contributed by atoms with Crippen molar-refractivity contribution in [3.63, 3.8) is 0 Å². The van der Waals surface area contributed by atoms with Gasteiger partial charge >= 0.3 is 11.9 Å². The Morgan fingerprint density at radius 3 is 2.50 bits per heavy atom. The van der Waals surface area contributed by atoms with E-state index < -0.39 is 11.9 Å². The molecule has 6 heteroatoms. The molecule has 1 aromatic rings. The van der Waals surface area contributed by atoms with E-state index >= 15 is 0 Å². The van der Waals surface area contributed by atoms with Gasteiger partial charge in [0.25, 0.3) is 5.91 Å². The Hall–Kier alpha value is -2.37. The van der Waals surface area contributed by atoms with Crippen LogP contribution in [0.2, 0.25) is 0 Å². The van der Waals surface area contributed by atoms with Crippen molar-refractivity contribution < 1.29 is 19.1 Å². The minimum atomic E-state index is -0.982. The molecule has 0 spiro atoms. The number of anilines is 1. The molecule has 2 amide bonds. The van der Waals surface area contributed by atoms with E-state index in [1.54, 1.807) is 25.1 Å². The monoisotopic (exact) mass is 250 g/mol. The molecule has 96 valence electrons. The van der Waals surface area contributed by atoms with Crippen LogP contribution in [0.25, 0.3) is 0 Å². The van der Waals surface area contributed by atoms with E-state index in [0.717, 1.165) is 0 Å². The lowest BCUT2D eigenvalue weighted by Gasteiger charge is -2.09. The van der Waals surface area contributed by atoms with E-state index in [-0.39, 0.29) is 23.8 Å². The third-order valence-corrected chi connectivity index (χ3v) is 2.11. The number of esters is 1. The molecule has 0 aliphatic heterocycles. The Labute approximate surface area is 104 Å². The standard InChI is InChI=1S/C12H14N2O4/c1-3-18-12(17)11(16)14-9-7-5-4-6-8(9)10(15)13-2/h4-7H,3H2,1-2H3,(H,13,15)(H,14,16). The normalized spacial score (nSPS) is 9.44. The summed E-state index contributed by atoms with van der Waals surface area (Å²) < 4.78 is 4.55. The number of rotatable bonds is 3. The smallest absolute Gasteiger partial charge is 0.397 e. The maximum atomic E-state index is 11.5. The highest BCUT2D eigenvalue weighted by Gasteiger charge is 2.17. The Kier molecular flexibility index (Phi) is 4.86. The van der Waals surface area contributed by atoms with Gasteiger partial charge in [-0.25, -0.2) is 4.79 Å². The molecular formula is C12H14N2O4. The average Bonchev–Trinajstić information content (AvgIpc) is 2.38. The minimum absolute atomic E-state index is 0.114. The molecule has 0 bridgehead atoms. The molecule has 0 radical (unpaired) electrons. The first kappa shape index (κ1) is 13.7. The molecular weight excluding hydrogens is 236 g/mol. The van der Waals surface area contributed by atoms with Crippen molar-refractivity contribution in [2.24, 2.45) is 0 Å². The van der Waals surface area contributed by atoms with Crippen LogP contribution in [0.5, 0.6) is 0 Å². The first-order valence-corrected chi connectivity index (χ1v) is 5.39. The highest BCUT2D eigenvalue weighted by atomic mass is 16.5. The summed E-state index contributed by atoms with van der Waals surface area (Å²) in [7, 11) is 1.48. The van der Waals surface area contributed by atoms with Gasteiger partial charge in [0.1, 0.15) is 0 Å². The van der Waals surface area contributed by atoms with Crippen LogP contribution >= 0.6 is 0 Å². The van der Waals surface area contributed by atoms with Crippen LogP contribution in [-0.4, -0.2) is 31.4 Å². The number of carbonyl (C=O) groups is 3. The number of para-hydroxylation sites is 1. The lowest BCUT2D eigenvalue weighted by Crippen LogP contribution is -2.27. The summed E-state index contributed by atoms with van der Waals surface area (Å²) in [5.41, 5.74) is 0.535. The second kappa shape index (κ2) is 6.39. The highest BCUT2D eigenvalue weighted by molar-refractivity contribution is 6.37. The molecule has 0 saturated carbocycles. The zero-order valence-electron chi connectivity index (χ0n) is 10.1. The van der Waals surface area contributed by atoms with E-state index in [0.29, 0.717) is 0 Å². The number of hydrogen-bond acceptors (Lipinski definition) is 4. The average molecular weight is 250 g/mol. The van der Waals surface area contributed by atoms with Crippen molar-refractivity contribution >= 4 is 23.5 Å². The second-order valence-electron chi connectivity index (χ2n) is 3.30. The number of amides is 2. The van der Waals surface area contributed by atoms with Gasteiger partial charge in [-0.15, -0.1) is 0 Å². The van der Waals surface area contributed by atoms with Crippen molar-refractivity contribution in [3.05, 3.63) is 29.8 Å². The summed E-state index contributed by atoms with van der Waals surface area (Å²) in [5, 5.41) is 4.78. The number of hydrogen-bond donors (Lipinski definition) is 2. The van der Waals surface area contributed by atoms with Gasteiger partial charge in [0.15, 0.2) is 0 Å². The molecule has 0 aliphatic carbocycles. The van der Waals surface area contributed by atoms with Crippen LogP contribution in [0.3, 0.4) is 0 Å². The number of carbonyl (C=O) groups excluding carboxylic acids is 3. The highest BCUT2D eigenvalue weighted by Crippen LogP contribution is 2.14. The molecule has 0 saturated heterocycles. The predicted octanol–water partition coefficient (Wildman–Crippen LogP) is 0.548. The van der Waals surface area contributed by atoms with Crippen LogP contribution in [0, 0.1) is 0 Å². The molecule has 1 aromatic carbocycles. The summed E-state index contributed by atoms with van der Waals surface area (Å²) in [6.07, 6.45) is 0. The lowest BCUT2D eigenvalue weighted by atomic mass is 10.1. The number of nitrogens with one attached hydrogen (secondary N) is 2. The van der Waals surface area contributed by atoms with Gasteiger partial charge in [-0.1, -0.05) is 12.1 Å². The molecule has 0 aromatic heterocycles. The zero-order valence-corrected chi connectivity index (χ0v) is 10.1. The third kappa shape index (κ3) is 3.31. The van der Waals surface area contributed by atoms with Crippen molar-refractivity contribution in [2.45, 2.75) is 6.92 Å². The molecule has 18 heavy (non-hydrogen) atoms. The van der Waals surface area contributed by atoms with Gasteiger partial charge in [0.05, 0.1) is 17.9 Å². The topological polar surface area (TPSA) is 84.5 Å². The van der Waals surface area contributed by atoms with E-state index in [1.165, 1.54) is 13.1 Å². The summed E-state index contributed by atoms with van der Waals surface area (Å²) >= 11 is 0. The number of benzene rings is 1. The minimum Gasteiger partial charge on any atom is -0.459 e. The van der Waals surface area contributed by atoms with Crippen molar-refractivity contribution in [1.29, 1.82) is 0 Å². The van der Waals surface area contributed by atoms with E-state index in [2.05, 4.69) is 15.4 Å². The molecule has 6 nitrogen and oxygen atoms in total. The SMILES string of the molecule is CCOC(=O)C(=O)Nc1ccccc1C(=O)NC. The summed E-state index contributed by atoms with van der Waals surface area (Å²) in [6, 6.07) is 6.37.